The highest BCUT2D eigenvalue weighted by Crippen LogP contribution is 2.20. The first-order valence-corrected chi connectivity index (χ1v) is 6.30. The van der Waals surface area contributed by atoms with Crippen molar-refractivity contribution in [3.8, 4) is 5.88 Å². The lowest BCUT2D eigenvalue weighted by Crippen LogP contribution is -2.20. The lowest BCUT2D eigenvalue weighted by Gasteiger charge is -2.11. The summed E-state index contributed by atoms with van der Waals surface area (Å²) in [6, 6.07) is 5.05. The van der Waals surface area contributed by atoms with Crippen molar-refractivity contribution in [1.29, 1.82) is 0 Å². The van der Waals surface area contributed by atoms with Crippen LogP contribution < -0.4 is 9.75 Å². The number of amides is 1. The Morgan fingerprint density at radius 2 is 2.39 bits per heavy atom. The Balaban J connectivity index is 2.10. The molecule has 0 aromatic carbocycles. The molecule has 1 amide bonds. The van der Waals surface area contributed by atoms with E-state index in [0.29, 0.717) is 18.1 Å². The summed E-state index contributed by atoms with van der Waals surface area (Å²) in [4.78, 5) is 15.8. The zero-order chi connectivity index (χ0) is 13.0. The van der Waals surface area contributed by atoms with Gasteiger partial charge in [-0.05, 0) is 13.0 Å². The van der Waals surface area contributed by atoms with Gasteiger partial charge < -0.3 is 4.74 Å². The number of nitrogens with zero attached hydrogens (tertiary/aromatic N) is 3. The summed E-state index contributed by atoms with van der Waals surface area (Å²) in [7, 11) is 0. The van der Waals surface area contributed by atoms with Gasteiger partial charge in [0, 0.05) is 23.9 Å². The number of hydrogen-bond donors (Lipinski definition) is 0. The van der Waals surface area contributed by atoms with Gasteiger partial charge in [-0.1, -0.05) is 6.07 Å². The molecule has 0 aliphatic carbocycles. The number of hydrogen-bond acceptors (Lipinski definition) is 5. The first-order valence-electron chi connectivity index (χ1n) is 5.41. The van der Waals surface area contributed by atoms with E-state index in [0.717, 1.165) is 5.71 Å². The summed E-state index contributed by atoms with van der Waals surface area (Å²) in [5, 5.41) is 5.35. The maximum atomic E-state index is 11.9. The Morgan fingerprint density at radius 1 is 1.56 bits per heavy atom. The predicted molar refractivity (Wildman–Crippen MR) is 68.5 cm³/mol. The number of pyridine rings is 1. The molecule has 0 radical (unpaired) electrons. The topological polar surface area (TPSA) is 54.8 Å². The van der Waals surface area contributed by atoms with Crippen molar-refractivity contribution in [3.63, 3.8) is 0 Å². The maximum absolute atomic E-state index is 11.9. The minimum Gasteiger partial charge on any atom is -0.477 e. The number of rotatable bonds is 5. The molecule has 0 bridgehead atoms. The van der Waals surface area contributed by atoms with Crippen LogP contribution in [0.5, 0.6) is 5.88 Å². The van der Waals surface area contributed by atoms with Gasteiger partial charge in [-0.25, -0.2) is 0 Å². The second-order valence-electron chi connectivity index (χ2n) is 3.71. The third-order valence-corrected chi connectivity index (χ3v) is 2.57. The van der Waals surface area contributed by atoms with Gasteiger partial charge in [0.1, 0.15) is 6.61 Å². The van der Waals surface area contributed by atoms with Crippen LogP contribution in [0.2, 0.25) is 0 Å². The smallest absolute Gasteiger partial charge is 0.254 e. The van der Waals surface area contributed by atoms with Crippen molar-refractivity contribution >= 4 is 29.6 Å². The molecule has 96 valence electrons. The molecule has 0 unspecified atom stereocenters. The highest BCUT2D eigenvalue weighted by Gasteiger charge is 2.23. The molecule has 1 aliphatic heterocycles. The number of hydrazone groups is 1. The average Bonchev–Trinajstić information content (AvgIpc) is 2.69. The van der Waals surface area contributed by atoms with Gasteiger partial charge in [-0.15, -0.1) is 0 Å². The second-order valence-corrected chi connectivity index (χ2v) is 4.34. The lowest BCUT2D eigenvalue weighted by molar-refractivity contribution is -0.116. The van der Waals surface area contributed by atoms with E-state index in [-0.39, 0.29) is 30.4 Å². The van der Waals surface area contributed by atoms with Gasteiger partial charge in [0.2, 0.25) is 5.88 Å². The Labute approximate surface area is 108 Å². The summed E-state index contributed by atoms with van der Waals surface area (Å²) < 4.78 is 17.1. The highest BCUT2D eigenvalue weighted by molar-refractivity contribution is 7.94. The van der Waals surface area contributed by atoms with Gasteiger partial charge in [0.15, 0.2) is 5.82 Å². The molecule has 1 aromatic heterocycles. The molecule has 5 nitrogen and oxygen atoms in total. The van der Waals surface area contributed by atoms with E-state index in [1.165, 1.54) is 5.01 Å². The molecule has 0 spiro atoms. The summed E-state index contributed by atoms with van der Waals surface area (Å²) in [5.74, 6) is 0.902. The first-order chi connectivity index (χ1) is 8.70. The monoisotopic (exact) mass is 269 g/mol. The van der Waals surface area contributed by atoms with E-state index in [9.17, 15) is 8.68 Å². The largest absolute Gasteiger partial charge is 0.477 e. The van der Waals surface area contributed by atoms with E-state index in [1.807, 2.05) is 0 Å². The van der Waals surface area contributed by atoms with E-state index < -0.39 is 0 Å². The van der Waals surface area contributed by atoms with Crippen molar-refractivity contribution in [2.24, 2.45) is 5.10 Å². The first kappa shape index (κ1) is 12.8. The molecule has 0 N–H and O–H groups in total. The molecule has 1 aliphatic rings. The summed E-state index contributed by atoms with van der Waals surface area (Å²) in [5.41, 5.74) is 0.752. The van der Waals surface area contributed by atoms with Crippen molar-refractivity contribution in [2.75, 3.05) is 17.4 Å². The average molecular weight is 269 g/mol. The lowest BCUT2D eigenvalue weighted by atomic mass is 10.3. The van der Waals surface area contributed by atoms with Crippen LogP contribution in [0.25, 0.3) is 0 Å². The van der Waals surface area contributed by atoms with Crippen LogP contribution in [0.4, 0.5) is 9.70 Å². The minimum atomic E-state index is -0.114. The van der Waals surface area contributed by atoms with Crippen molar-refractivity contribution in [3.05, 3.63) is 18.2 Å². The zero-order valence-electron chi connectivity index (χ0n) is 9.80. The number of aromatic nitrogens is 1. The zero-order valence-corrected chi connectivity index (χ0v) is 10.6. The van der Waals surface area contributed by atoms with Crippen LogP contribution in [0, 0.1) is 0 Å². The molecular formula is C11H12FN3O2S. The number of carbonyl (C=O) groups excluding carboxylic acids is 1. The molecule has 0 fully saturated rings. The standard InChI is InChI=1S/C11H12FN3O2S/c1-8-7-11(16)15(14-8)9-3-2-4-10(13-9)17-5-6-18-12/h2-4H,5-7H2,1H3. The van der Waals surface area contributed by atoms with E-state index in [4.69, 9.17) is 4.74 Å². The molecule has 0 saturated heterocycles. The Bertz CT molecular complexity index is 481. The Hall–Kier alpha value is -1.63. The Kier molecular flexibility index (Phi) is 4.14. The van der Waals surface area contributed by atoms with Gasteiger partial charge in [-0.3, -0.25) is 4.79 Å². The normalized spacial score (nSPS) is 14.9. The van der Waals surface area contributed by atoms with Crippen molar-refractivity contribution in [1.82, 2.24) is 4.98 Å². The van der Waals surface area contributed by atoms with Gasteiger partial charge in [0.25, 0.3) is 5.91 Å². The number of carbonyl (C=O) groups is 1. The fourth-order valence-corrected chi connectivity index (χ4v) is 1.66. The van der Waals surface area contributed by atoms with Gasteiger partial charge in [0.05, 0.1) is 12.2 Å². The molecule has 18 heavy (non-hydrogen) atoms. The van der Waals surface area contributed by atoms with Crippen LogP contribution in [-0.2, 0) is 4.79 Å². The molecule has 0 saturated carbocycles. The van der Waals surface area contributed by atoms with E-state index in [2.05, 4.69) is 10.1 Å². The van der Waals surface area contributed by atoms with E-state index >= 15 is 0 Å². The van der Waals surface area contributed by atoms with Crippen LogP contribution in [-0.4, -0.2) is 29.0 Å². The maximum Gasteiger partial charge on any atom is 0.254 e. The van der Waals surface area contributed by atoms with E-state index in [1.54, 1.807) is 25.1 Å². The number of ether oxygens (including phenoxy) is 1. The third kappa shape index (κ3) is 2.98. The third-order valence-electron chi connectivity index (χ3n) is 2.25. The molecule has 7 heteroatoms. The SMILES string of the molecule is CC1=NN(c2cccc(OCCSF)n2)C(=O)C1. The second kappa shape index (κ2) is 5.81. The fourth-order valence-electron chi connectivity index (χ4n) is 1.51. The minimum absolute atomic E-state index is 0.114. The fraction of sp³-hybridized carbons (Fsp3) is 0.364. The molecular weight excluding hydrogens is 257 g/mol. The van der Waals surface area contributed by atoms with Crippen LogP contribution >= 0.6 is 12.1 Å². The van der Waals surface area contributed by atoms with Crippen LogP contribution in [0.1, 0.15) is 13.3 Å². The van der Waals surface area contributed by atoms with Crippen LogP contribution in [0.15, 0.2) is 23.3 Å². The summed E-state index contributed by atoms with van der Waals surface area (Å²) >= 11 is 0.212. The summed E-state index contributed by atoms with van der Waals surface area (Å²) in [6.45, 7) is 2.02. The van der Waals surface area contributed by atoms with Gasteiger partial charge >= 0.3 is 0 Å². The van der Waals surface area contributed by atoms with Crippen molar-refractivity contribution < 1.29 is 13.4 Å². The quantitative estimate of drug-likeness (QED) is 0.769. The Morgan fingerprint density at radius 3 is 3.06 bits per heavy atom. The van der Waals surface area contributed by atoms with Crippen molar-refractivity contribution in [2.45, 2.75) is 13.3 Å². The molecule has 1 aromatic rings. The van der Waals surface area contributed by atoms with Crippen LogP contribution in [0.3, 0.4) is 0 Å². The molecule has 0 atom stereocenters. The highest BCUT2D eigenvalue weighted by atomic mass is 32.2. The number of anilines is 1. The number of halogens is 1. The van der Waals surface area contributed by atoms with Gasteiger partial charge in [-0.2, -0.15) is 19.0 Å². The summed E-state index contributed by atoms with van der Waals surface area (Å²) in [6.07, 6.45) is 0.311. The predicted octanol–water partition coefficient (Wildman–Crippen LogP) is 2.19. The molecule has 2 heterocycles. The molecule has 2 rings (SSSR count).